The second kappa shape index (κ2) is 11.3. The van der Waals surface area contributed by atoms with Crippen LogP contribution in [-0.2, 0) is 0 Å². The van der Waals surface area contributed by atoms with Crippen LogP contribution in [0.5, 0.6) is 0 Å². The van der Waals surface area contributed by atoms with Gasteiger partial charge in [0.05, 0.1) is 25.5 Å². The molecule has 0 bridgehead atoms. The molecule has 2 amide bonds. The molecule has 3 rings (SSSR count). The summed E-state index contributed by atoms with van der Waals surface area (Å²) < 4.78 is 0. The Labute approximate surface area is 199 Å². The minimum atomic E-state index is -1.51. The molecule has 0 spiro atoms. The Balaban J connectivity index is 1.61. The number of aliphatic hydroxyl groups excluding tert-OH is 3. The van der Waals surface area contributed by atoms with Crippen LogP contribution in [0.1, 0.15) is 34.6 Å². The minimum Gasteiger partial charge on any atom is -0.394 e. The van der Waals surface area contributed by atoms with Crippen molar-refractivity contribution >= 4 is 23.3 Å². The average molecular weight is 472 g/mol. The minimum absolute atomic E-state index is 0.122. The number of nitrogens with zero attached hydrogens (tertiary/aromatic N) is 3. The highest BCUT2D eigenvalue weighted by molar-refractivity contribution is 5.98. The zero-order valence-electron chi connectivity index (χ0n) is 19.6. The van der Waals surface area contributed by atoms with Crippen LogP contribution in [-0.4, -0.2) is 94.6 Å². The Morgan fingerprint density at radius 3 is 2.12 bits per heavy atom. The Morgan fingerprint density at radius 2 is 1.56 bits per heavy atom. The topological polar surface area (TPSA) is 138 Å². The number of piperazine rings is 1. The number of rotatable bonds is 9. The molecule has 0 atom stereocenters. The van der Waals surface area contributed by atoms with E-state index in [0.717, 1.165) is 11.5 Å². The number of carbonyl (C=O) groups excluding carboxylic acids is 2. The maximum atomic E-state index is 13.0. The van der Waals surface area contributed by atoms with Gasteiger partial charge in [-0.2, -0.15) is 0 Å². The first-order chi connectivity index (χ1) is 16.3. The van der Waals surface area contributed by atoms with E-state index in [1.54, 1.807) is 23.2 Å². The van der Waals surface area contributed by atoms with Gasteiger partial charge in [0.25, 0.3) is 11.8 Å². The number of aromatic nitrogens is 1. The molecule has 0 aliphatic carbocycles. The Bertz CT molecular complexity index is 962. The Hall–Kier alpha value is -3.21. The molecule has 0 unspecified atom stereocenters. The molecule has 1 saturated heterocycles. The molecule has 2 aromatic rings. The standard InChI is InChI=1S/C24H33N5O5/c1-17(2)26-20-4-3-9-25-21(20)28-10-12-29(13-11-28)23(34)19-7-5-18(6-8-19)22(33)27-24(14-30,15-31)16-32/h3-9,17,26,30-32H,10-16H2,1-2H3,(H,27,33). The van der Waals surface area contributed by atoms with Gasteiger partial charge in [-0.1, -0.05) is 0 Å². The molecule has 184 valence electrons. The third kappa shape index (κ3) is 5.82. The van der Waals surface area contributed by atoms with Crippen LogP contribution in [0.15, 0.2) is 42.6 Å². The molecule has 10 heteroatoms. The highest BCUT2D eigenvalue weighted by Crippen LogP contribution is 2.25. The van der Waals surface area contributed by atoms with Crippen molar-refractivity contribution in [3.05, 3.63) is 53.7 Å². The van der Waals surface area contributed by atoms with Gasteiger partial charge in [-0.25, -0.2) is 4.98 Å². The summed E-state index contributed by atoms with van der Waals surface area (Å²) in [5.74, 6) is 0.192. The molecule has 1 aromatic carbocycles. The highest BCUT2D eigenvalue weighted by Gasteiger charge is 2.30. The predicted octanol–water partition coefficient (Wildman–Crippen LogP) is 0.310. The van der Waals surface area contributed by atoms with Gasteiger partial charge < -0.3 is 35.8 Å². The van der Waals surface area contributed by atoms with Gasteiger partial charge in [-0.05, 0) is 50.2 Å². The summed E-state index contributed by atoms with van der Waals surface area (Å²) in [6.45, 7) is 4.72. The van der Waals surface area contributed by atoms with Gasteiger partial charge in [0.1, 0.15) is 5.54 Å². The number of benzene rings is 1. The second-order valence-corrected chi connectivity index (χ2v) is 8.74. The van der Waals surface area contributed by atoms with Gasteiger partial charge in [0.2, 0.25) is 0 Å². The van der Waals surface area contributed by atoms with Gasteiger partial charge in [-0.15, -0.1) is 0 Å². The number of hydrogen-bond donors (Lipinski definition) is 5. The highest BCUT2D eigenvalue weighted by atomic mass is 16.3. The molecule has 0 saturated carbocycles. The lowest BCUT2D eigenvalue weighted by molar-refractivity contribution is 0.0375. The van der Waals surface area contributed by atoms with Crippen LogP contribution in [0.4, 0.5) is 11.5 Å². The van der Waals surface area contributed by atoms with Crippen LogP contribution >= 0.6 is 0 Å². The molecule has 1 fully saturated rings. The number of hydrogen-bond acceptors (Lipinski definition) is 8. The van der Waals surface area contributed by atoms with Crippen molar-refractivity contribution in [2.45, 2.75) is 25.4 Å². The van der Waals surface area contributed by atoms with Crippen molar-refractivity contribution in [3.63, 3.8) is 0 Å². The molecule has 0 radical (unpaired) electrons. The molecule has 34 heavy (non-hydrogen) atoms. The first-order valence-corrected chi connectivity index (χ1v) is 11.3. The van der Waals surface area contributed by atoms with E-state index in [9.17, 15) is 24.9 Å². The largest absolute Gasteiger partial charge is 0.394 e. The number of carbonyl (C=O) groups is 2. The second-order valence-electron chi connectivity index (χ2n) is 8.74. The van der Waals surface area contributed by atoms with Crippen LogP contribution in [0.2, 0.25) is 0 Å². The smallest absolute Gasteiger partial charge is 0.253 e. The summed E-state index contributed by atoms with van der Waals surface area (Å²) in [6, 6.07) is 10.3. The first kappa shape index (κ1) is 25.4. The number of anilines is 2. The van der Waals surface area contributed by atoms with Crippen molar-refractivity contribution in [2.75, 3.05) is 56.2 Å². The maximum Gasteiger partial charge on any atom is 0.253 e. The summed E-state index contributed by atoms with van der Waals surface area (Å²) in [7, 11) is 0. The number of amides is 2. The average Bonchev–Trinajstić information content (AvgIpc) is 2.87. The molecule has 2 heterocycles. The molecule has 5 N–H and O–H groups in total. The molecule has 10 nitrogen and oxygen atoms in total. The lowest BCUT2D eigenvalue weighted by Crippen LogP contribution is -2.57. The van der Waals surface area contributed by atoms with E-state index < -0.39 is 31.3 Å². The van der Waals surface area contributed by atoms with Crippen LogP contribution in [0.3, 0.4) is 0 Å². The summed E-state index contributed by atoms with van der Waals surface area (Å²) in [5.41, 5.74) is 0.173. The molecular weight excluding hydrogens is 438 g/mol. The van der Waals surface area contributed by atoms with Gasteiger partial charge >= 0.3 is 0 Å². The number of nitrogens with one attached hydrogen (secondary N) is 2. The van der Waals surface area contributed by atoms with Gasteiger partial charge in [-0.3, -0.25) is 9.59 Å². The summed E-state index contributed by atoms with van der Waals surface area (Å²) in [4.78, 5) is 33.9. The van der Waals surface area contributed by atoms with Crippen molar-refractivity contribution in [1.82, 2.24) is 15.2 Å². The van der Waals surface area contributed by atoms with E-state index in [1.807, 2.05) is 12.1 Å². The van der Waals surface area contributed by atoms with Gasteiger partial charge in [0.15, 0.2) is 5.82 Å². The normalized spacial score (nSPS) is 14.3. The molecular formula is C24H33N5O5. The van der Waals surface area contributed by atoms with E-state index in [-0.39, 0.29) is 17.5 Å². The number of pyridine rings is 1. The lowest BCUT2D eigenvalue weighted by Gasteiger charge is -2.36. The lowest BCUT2D eigenvalue weighted by atomic mass is 10.0. The molecule has 1 aliphatic heterocycles. The maximum absolute atomic E-state index is 13.0. The summed E-state index contributed by atoms with van der Waals surface area (Å²) in [5, 5.41) is 34.0. The fourth-order valence-electron chi connectivity index (χ4n) is 3.72. The summed E-state index contributed by atoms with van der Waals surface area (Å²) in [6.07, 6.45) is 1.77. The Morgan fingerprint density at radius 1 is 0.971 bits per heavy atom. The first-order valence-electron chi connectivity index (χ1n) is 11.3. The summed E-state index contributed by atoms with van der Waals surface area (Å²) >= 11 is 0. The predicted molar refractivity (Wildman–Crippen MR) is 129 cm³/mol. The van der Waals surface area contributed by atoms with E-state index in [0.29, 0.717) is 31.7 Å². The van der Waals surface area contributed by atoms with Crippen molar-refractivity contribution in [2.24, 2.45) is 0 Å². The fourth-order valence-corrected chi connectivity index (χ4v) is 3.72. The van der Waals surface area contributed by atoms with Crippen molar-refractivity contribution in [3.8, 4) is 0 Å². The molecule has 1 aromatic heterocycles. The van der Waals surface area contributed by atoms with Crippen LogP contribution in [0, 0.1) is 0 Å². The van der Waals surface area contributed by atoms with Gasteiger partial charge in [0, 0.05) is 49.5 Å². The van der Waals surface area contributed by atoms with Crippen LogP contribution < -0.4 is 15.5 Å². The molecule has 1 aliphatic rings. The zero-order valence-corrected chi connectivity index (χ0v) is 19.6. The van der Waals surface area contributed by atoms with E-state index in [1.165, 1.54) is 12.1 Å². The van der Waals surface area contributed by atoms with E-state index in [2.05, 4.69) is 34.4 Å². The number of aliphatic hydroxyl groups is 3. The monoisotopic (exact) mass is 471 g/mol. The van der Waals surface area contributed by atoms with E-state index in [4.69, 9.17) is 0 Å². The van der Waals surface area contributed by atoms with Crippen LogP contribution in [0.25, 0.3) is 0 Å². The Kier molecular flexibility index (Phi) is 8.43. The van der Waals surface area contributed by atoms with Crippen molar-refractivity contribution in [1.29, 1.82) is 0 Å². The quantitative estimate of drug-likeness (QED) is 0.352. The van der Waals surface area contributed by atoms with E-state index >= 15 is 0 Å². The third-order valence-electron chi connectivity index (χ3n) is 5.78. The van der Waals surface area contributed by atoms with Crippen molar-refractivity contribution < 1.29 is 24.9 Å². The zero-order chi connectivity index (χ0) is 24.7. The third-order valence-corrected chi connectivity index (χ3v) is 5.78. The fraction of sp³-hybridized carbons (Fsp3) is 0.458. The SMILES string of the molecule is CC(C)Nc1cccnc1N1CCN(C(=O)c2ccc(C(=O)NC(CO)(CO)CO)cc2)CC1.